The highest BCUT2D eigenvalue weighted by Gasteiger charge is 2.26. The van der Waals surface area contributed by atoms with E-state index in [0.717, 1.165) is 11.3 Å². The number of rotatable bonds is 10. The minimum atomic E-state index is -0.679. The number of aromatic nitrogens is 3. The summed E-state index contributed by atoms with van der Waals surface area (Å²) in [6.45, 7) is 5.28. The number of anilines is 1. The summed E-state index contributed by atoms with van der Waals surface area (Å²) in [6.07, 6.45) is -0.350. The number of primary amides is 1. The summed E-state index contributed by atoms with van der Waals surface area (Å²) < 4.78 is 12.7. The lowest BCUT2D eigenvalue weighted by atomic mass is 10.1. The number of ether oxygens (including phenoxy) is 2. The van der Waals surface area contributed by atoms with Crippen LogP contribution in [-0.4, -0.2) is 44.9 Å². The van der Waals surface area contributed by atoms with E-state index < -0.39 is 11.9 Å². The summed E-state index contributed by atoms with van der Waals surface area (Å²) in [6, 6.07) is 9.38. The Morgan fingerprint density at radius 2 is 1.94 bits per heavy atom. The van der Waals surface area contributed by atoms with E-state index in [2.05, 4.69) is 15.5 Å². The van der Waals surface area contributed by atoms with E-state index in [4.69, 9.17) is 15.2 Å². The molecular weight excluding hydrogens is 478 g/mol. The second-order valence-electron chi connectivity index (χ2n) is 7.15. The van der Waals surface area contributed by atoms with Crippen LogP contribution in [0.25, 0.3) is 0 Å². The molecule has 34 heavy (non-hydrogen) atoms. The van der Waals surface area contributed by atoms with Crippen LogP contribution in [0.4, 0.5) is 5.00 Å². The molecule has 0 aliphatic heterocycles. The molecule has 2 amide bonds. The van der Waals surface area contributed by atoms with Crippen LogP contribution in [0.1, 0.15) is 51.4 Å². The van der Waals surface area contributed by atoms with Crippen LogP contribution in [0, 0.1) is 6.92 Å². The lowest BCUT2D eigenvalue weighted by Crippen LogP contribution is -2.17. The summed E-state index contributed by atoms with van der Waals surface area (Å²) in [5.41, 5.74) is 5.91. The Morgan fingerprint density at radius 1 is 1.24 bits per heavy atom. The summed E-state index contributed by atoms with van der Waals surface area (Å²) in [7, 11) is 1.79. The molecule has 2 heterocycles. The van der Waals surface area contributed by atoms with Crippen LogP contribution in [0.2, 0.25) is 0 Å². The first-order valence-corrected chi connectivity index (χ1v) is 12.2. The summed E-state index contributed by atoms with van der Waals surface area (Å²) in [5, 5.41) is 11.8. The third-order valence-electron chi connectivity index (χ3n) is 4.72. The maximum Gasteiger partial charge on any atom is 0.341 e. The number of benzene rings is 1. The third-order valence-corrected chi connectivity index (χ3v) is 6.97. The number of hydrogen-bond acceptors (Lipinski definition) is 9. The predicted octanol–water partition coefficient (Wildman–Crippen LogP) is 3.33. The summed E-state index contributed by atoms with van der Waals surface area (Å²) in [5.74, 6) is -0.364. The number of carbonyl (C=O) groups excluding carboxylic acids is 3. The SMILES string of the molecule is CCOC(=O)c1c(NC(=O)CSc2nnc(C(C)Oc3ccccc3)n2C)sc(C(N)=O)c1C. The lowest BCUT2D eigenvalue weighted by molar-refractivity contribution is -0.113. The lowest BCUT2D eigenvalue weighted by Gasteiger charge is -2.14. The van der Waals surface area contributed by atoms with Crippen LogP contribution in [0.5, 0.6) is 5.75 Å². The molecule has 1 unspecified atom stereocenters. The highest BCUT2D eigenvalue weighted by molar-refractivity contribution is 7.99. The number of nitrogens with two attached hydrogens (primary N) is 1. The average molecular weight is 504 g/mol. The van der Waals surface area contributed by atoms with E-state index >= 15 is 0 Å². The molecule has 3 rings (SSSR count). The molecule has 0 saturated carbocycles. The second kappa shape index (κ2) is 11.2. The normalized spacial score (nSPS) is 11.6. The zero-order chi connectivity index (χ0) is 24.8. The molecule has 0 saturated heterocycles. The fraction of sp³-hybridized carbons (Fsp3) is 0.318. The van der Waals surface area contributed by atoms with Gasteiger partial charge in [0.05, 0.1) is 22.8 Å². The molecule has 0 spiro atoms. The van der Waals surface area contributed by atoms with E-state index in [9.17, 15) is 14.4 Å². The Morgan fingerprint density at radius 3 is 2.59 bits per heavy atom. The highest BCUT2D eigenvalue weighted by atomic mass is 32.2. The van der Waals surface area contributed by atoms with Crippen molar-refractivity contribution in [2.24, 2.45) is 12.8 Å². The molecule has 0 fully saturated rings. The largest absolute Gasteiger partial charge is 0.483 e. The molecule has 1 atom stereocenters. The minimum Gasteiger partial charge on any atom is -0.483 e. The number of para-hydroxylation sites is 1. The maximum absolute atomic E-state index is 12.6. The van der Waals surface area contributed by atoms with Crippen molar-refractivity contribution in [2.45, 2.75) is 32.0 Å². The first-order chi connectivity index (χ1) is 16.2. The molecule has 1 aromatic carbocycles. The topological polar surface area (TPSA) is 138 Å². The molecule has 10 nitrogen and oxygen atoms in total. The Kier molecular flexibility index (Phi) is 8.29. The molecule has 0 bridgehead atoms. The van der Waals surface area contributed by atoms with Crippen molar-refractivity contribution in [3.63, 3.8) is 0 Å². The van der Waals surface area contributed by atoms with Gasteiger partial charge in [-0.2, -0.15) is 0 Å². The van der Waals surface area contributed by atoms with Gasteiger partial charge in [-0.05, 0) is 38.5 Å². The Labute approximate surface area is 204 Å². The van der Waals surface area contributed by atoms with Crippen LogP contribution in [0.15, 0.2) is 35.5 Å². The van der Waals surface area contributed by atoms with Crippen molar-refractivity contribution >= 4 is 45.9 Å². The highest BCUT2D eigenvalue weighted by Crippen LogP contribution is 2.34. The van der Waals surface area contributed by atoms with Crippen molar-refractivity contribution in [3.8, 4) is 5.75 Å². The monoisotopic (exact) mass is 503 g/mol. The number of thiophene rings is 1. The molecule has 180 valence electrons. The van der Waals surface area contributed by atoms with Gasteiger partial charge in [0.25, 0.3) is 5.91 Å². The standard InChI is InChI=1S/C22H25N5O5S2/c1-5-31-21(30)16-12(2)17(18(23)29)34-20(16)24-15(28)11-33-22-26-25-19(27(22)4)13(3)32-14-9-7-6-8-10-14/h6-10,13H,5,11H2,1-4H3,(H2,23,29)(H,24,28). The van der Waals surface area contributed by atoms with Crippen LogP contribution < -0.4 is 15.8 Å². The smallest absolute Gasteiger partial charge is 0.341 e. The van der Waals surface area contributed by atoms with Crippen molar-refractivity contribution in [3.05, 3.63) is 52.2 Å². The summed E-state index contributed by atoms with van der Waals surface area (Å²) >= 11 is 2.12. The molecule has 0 aliphatic rings. The number of nitrogens with one attached hydrogen (secondary N) is 1. The average Bonchev–Trinajstić information content (AvgIpc) is 3.32. The van der Waals surface area contributed by atoms with Crippen LogP contribution >= 0.6 is 23.1 Å². The van der Waals surface area contributed by atoms with Crippen molar-refractivity contribution in [1.29, 1.82) is 0 Å². The van der Waals surface area contributed by atoms with Gasteiger partial charge in [-0.25, -0.2) is 4.79 Å². The zero-order valence-electron chi connectivity index (χ0n) is 19.2. The minimum absolute atomic E-state index is 0.00497. The van der Waals surface area contributed by atoms with Crippen LogP contribution in [0.3, 0.4) is 0 Å². The first kappa shape index (κ1) is 25.2. The zero-order valence-corrected chi connectivity index (χ0v) is 20.8. The van der Waals surface area contributed by atoms with E-state index in [1.165, 1.54) is 11.8 Å². The Balaban J connectivity index is 1.67. The maximum atomic E-state index is 12.6. The first-order valence-electron chi connectivity index (χ1n) is 10.4. The quantitative estimate of drug-likeness (QED) is 0.317. The molecule has 2 aromatic heterocycles. The number of nitrogens with zero attached hydrogens (tertiary/aromatic N) is 3. The summed E-state index contributed by atoms with van der Waals surface area (Å²) in [4.78, 5) is 36.9. The predicted molar refractivity (Wildman–Crippen MR) is 129 cm³/mol. The fourth-order valence-corrected chi connectivity index (χ4v) is 4.92. The van der Waals surface area contributed by atoms with Gasteiger partial charge >= 0.3 is 5.97 Å². The van der Waals surface area contributed by atoms with Gasteiger partial charge in [-0.3, -0.25) is 9.59 Å². The number of hydrogen-bond donors (Lipinski definition) is 2. The second-order valence-corrected chi connectivity index (χ2v) is 9.12. The van der Waals surface area contributed by atoms with Gasteiger partial charge in [-0.15, -0.1) is 21.5 Å². The molecule has 3 N–H and O–H groups in total. The van der Waals surface area contributed by atoms with Gasteiger partial charge in [0.1, 0.15) is 10.8 Å². The number of carbonyl (C=O) groups is 3. The number of amides is 2. The van der Waals surface area contributed by atoms with Gasteiger partial charge < -0.3 is 25.1 Å². The molecular formula is C22H25N5O5S2. The van der Waals surface area contributed by atoms with E-state index in [1.54, 1.807) is 25.5 Å². The molecule has 0 radical (unpaired) electrons. The molecule has 3 aromatic rings. The van der Waals surface area contributed by atoms with Crippen LogP contribution in [-0.2, 0) is 16.6 Å². The fourth-order valence-electron chi connectivity index (χ4n) is 3.14. The van der Waals surface area contributed by atoms with Crippen molar-refractivity contribution < 1.29 is 23.9 Å². The van der Waals surface area contributed by atoms with E-state index in [1.807, 2.05) is 37.3 Å². The van der Waals surface area contributed by atoms with E-state index in [-0.39, 0.29) is 39.8 Å². The number of esters is 1. The Bertz CT molecular complexity index is 1190. The third kappa shape index (κ3) is 5.75. The number of thioether (sulfide) groups is 1. The molecule has 12 heteroatoms. The Hall–Kier alpha value is -3.38. The van der Waals surface area contributed by atoms with Crippen molar-refractivity contribution in [1.82, 2.24) is 14.8 Å². The van der Waals surface area contributed by atoms with Gasteiger partial charge in [-0.1, -0.05) is 30.0 Å². The van der Waals surface area contributed by atoms with E-state index in [0.29, 0.717) is 22.3 Å². The molecule has 0 aliphatic carbocycles. The van der Waals surface area contributed by atoms with Gasteiger partial charge in [0, 0.05) is 7.05 Å². The van der Waals surface area contributed by atoms with Gasteiger partial charge in [0.15, 0.2) is 17.1 Å². The van der Waals surface area contributed by atoms with Gasteiger partial charge in [0.2, 0.25) is 5.91 Å². The van der Waals surface area contributed by atoms with Crippen molar-refractivity contribution in [2.75, 3.05) is 17.7 Å².